The predicted octanol–water partition coefficient (Wildman–Crippen LogP) is 4.65. The van der Waals surface area contributed by atoms with Gasteiger partial charge in [0.15, 0.2) is 5.78 Å². The van der Waals surface area contributed by atoms with Gasteiger partial charge in [-0.1, -0.05) is 18.2 Å². The van der Waals surface area contributed by atoms with Crippen molar-refractivity contribution < 1.29 is 23.8 Å². The van der Waals surface area contributed by atoms with E-state index < -0.39 is 5.97 Å². The molecule has 0 aliphatic carbocycles. The molecule has 29 heavy (non-hydrogen) atoms. The highest BCUT2D eigenvalue weighted by Gasteiger charge is 2.07. The molecule has 0 N–H and O–H groups in total. The van der Waals surface area contributed by atoms with Crippen molar-refractivity contribution >= 4 is 17.8 Å². The number of allylic oxidation sites excluding steroid dienone is 1. The molecule has 0 aromatic heterocycles. The number of ketones is 1. The fraction of sp³-hybridized carbons (Fsp3) is 0.250. The molecular weight excluding hydrogens is 368 g/mol. The molecule has 0 spiro atoms. The molecule has 0 fully saturated rings. The largest absolute Gasteiger partial charge is 0.493 e. The number of hydrogen-bond acceptors (Lipinski definition) is 5. The molecule has 152 valence electrons. The van der Waals surface area contributed by atoms with Crippen molar-refractivity contribution in [1.82, 2.24) is 0 Å². The van der Waals surface area contributed by atoms with E-state index in [0.29, 0.717) is 31.6 Å². The van der Waals surface area contributed by atoms with E-state index in [1.807, 2.05) is 36.4 Å². The van der Waals surface area contributed by atoms with Gasteiger partial charge in [-0.2, -0.15) is 0 Å². The van der Waals surface area contributed by atoms with Crippen molar-refractivity contribution in [3.8, 4) is 11.5 Å². The Bertz CT molecular complexity index is 865. The van der Waals surface area contributed by atoms with Crippen molar-refractivity contribution in [3.63, 3.8) is 0 Å². The second-order valence-electron chi connectivity index (χ2n) is 6.35. The zero-order valence-corrected chi connectivity index (χ0v) is 16.9. The Morgan fingerprint density at radius 1 is 1.03 bits per heavy atom. The maximum atomic E-state index is 11.5. The lowest BCUT2D eigenvalue weighted by atomic mass is 10.0. The number of hydrogen-bond donors (Lipinski definition) is 0. The molecule has 0 atom stereocenters. The van der Waals surface area contributed by atoms with Gasteiger partial charge >= 0.3 is 5.97 Å². The van der Waals surface area contributed by atoms with Crippen molar-refractivity contribution in [2.24, 2.45) is 0 Å². The Balaban J connectivity index is 1.79. The molecule has 0 aliphatic rings. The maximum Gasteiger partial charge on any atom is 0.330 e. The lowest BCUT2D eigenvalue weighted by Gasteiger charge is -2.12. The van der Waals surface area contributed by atoms with Gasteiger partial charge in [0, 0.05) is 18.1 Å². The average Bonchev–Trinajstić information content (AvgIpc) is 2.73. The van der Waals surface area contributed by atoms with E-state index in [9.17, 15) is 9.59 Å². The number of rotatable bonds is 11. The Labute approximate surface area is 171 Å². The van der Waals surface area contributed by atoms with Crippen molar-refractivity contribution in [3.05, 3.63) is 77.9 Å². The molecular formula is C24H26O5. The SMILES string of the molecule is C=CCc1cc(C(C)=O)ccc1OCCCOc1ccc(/C=C/C(=O)OC)cc1. The number of Topliss-reactive ketones (excluding diaryl/α,β-unsaturated/α-hetero) is 1. The predicted molar refractivity (Wildman–Crippen MR) is 113 cm³/mol. The molecule has 5 heteroatoms. The van der Waals surface area contributed by atoms with Crippen LogP contribution < -0.4 is 9.47 Å². The fourth-order valence-electron chi connectivity index (χ4n) is 2.59. The standard InChI is InChI=1S/C24H26O5/c1-4-6-21-17-20(18(2)25)10-13-23(21)29-16-5-15-28-22-11-7-19(8-12-22)9-14-24(26)27-3/h4,7-14,17H,1,5-6,15-16H2,2-3H3/b14-9+. The zero-order valence-electron chi connectivity index (χ0n) is 16.9. The zero-order chi connectivity index (χ0) is 21.1. The van der Waals surface area contributed by atoms with Crippen LogP contribution in [0.2, 0.25) is 0 Å². The highest BCUT2D eigenvalue weighted by molar-refractivity contribution is 5.94. The van der Waals surface area contributed by atoms with Crippen LogP contribution in [0.3, 0.4) is 0 Å². The van der Waals surface area contributed by atoms with Crippen LogP contribution in [0, 0.1) is 0 Å². The summed E-state index contributed by atoms with van der Waals surface area (Å²) in [5.41, 5.74) is 2.50. The first-order valence-electron chi connectivity index (χ1n) is 9.40. The summed E-state index contributed by atoms with van der Waals surface area (Å²) in [5, 5.41) is 0. The van der Waals surface area contributed by atoms with Crippen LogP contribution in [0.4, 0.5) is 0 Å². The van der Waals surface area contributed by atoms with Gasteiger partial charge in [0.05, 0.1) is 20.3 Å². The second kappa shape index (κ2) is 11.5. The van der Waals surface area contributed by atoms with Gasteiger partial charge in [0.2, 0.25) is 0 Å². The van der Waals surface area contributed by atoms with E-state index >= 15 is 0 Å². The lowest BCUT2D eigenvalue weighted by Crippen LogP contribution is -2.06. The van der Waals surface area contributed by atoms with Gasteiger partial charge in [-0.15, -0.1) is 6.58 Å². The smallest absolute Gasteiger partial charge is 0.330 e. The molecule has 0 amide bonds. The normalized spacial score (nSPS) is 10.6. The van der Waals surface area contributed by atoms with E-state index in [4.69, 9.17) is 9.47 Å². The monoisotopic (exact) mass is 394 g/mol. The van der Waals surface area contributed by atoms with Gasteiger partial charge in [0.25, 0.3) is 0 Å². The van der Waals surface area contributed by atoms with E-state index in [1.165, 1.54) is 13.2 Å². The third-order valence-electron chi connectivity index (χ3n) is 4.14. The minimum absolute atomic E-state index is 0.0297. The molecule has 5 nitrogen and oxygen atoms in total. The van der Waals surface area contributed by atoms with Gasteiger partial charge in [-0.25, -0.2) is 4.79 Å². The number of carbonyl (C=O) groups excluding carboxylic acids is 2. The van der Waals surface area contributed by atoms with Gasteiger partial charge in [0.1, 0.15) is 11.5 Å². The number of ether oxygens (including phenoxy) is 3. The molecule has 0 unspecified atom stereocenters. The third kappa shape index (κ3) is 7.30. The summed E-state index contributed by atoms with van der Waals surface area (Å²) < 4.78 is 16.1. The second-order valence-corrected chi connectivity index (χ2v) is 6.35. The van der Waals surface area contributed by atoms with Crippen LogP contribution in [-0.2, 0) is 16.0 Å². The van der Waals surface area contributed by atoms with Crippen LogP contribution in [0.5, 0.6) is 11.5 Å². The molecule has 2 rings (SSSR count). The number of benzene rings is 2. The molecule has 0 saturated heterocycles. The molecule has 2 aromatic carbocycles. The van der Waals surface area contributed by atoms with Crippen LogP contribution in [0.1, 0.15) is 34.8 Å². The average molecular weight is 394 g/mol. The Hall–Kier alpha value is -3.34. The first kappa shape index (κ1) is 22.0. The molecule has 0 saturated carbocycles. The molecule has 0 radical (unpaired) electrons. The summed E-state index contributed by atoms with van der Waals surface area (Å²) in [6.07, 6.45) is 6.20. The minimum Gasteiger partial charge on any atom is -0.493 e. The highest BCUT2D eigenvalue weighted by atomic mass is 16.5. The summed E-state index contributed by atoms with van der Waals surface area (Å²) in [6.45, 7) is 6.32. The van der Waals surface area contributed by atoms with E-state index in [0.717, 1.165) is 22.6 Å². The van der Waals surface area contributed by atoms with Crippen LogP contribution in [0.15, 0.2) is 61.2 Å². The topological polar surface area (TPSA) is 61.8 Å². The van der Waals surface area contributed by atoms with Crippen LogP contribution >= 0.6 is 0 Å². The summed E-state index contributed by atoms with van der Waals surface area (Å²) in [5.74, 6) is 1.15. The summed E-state index contributed by atoms with van der Waals surface area (Å²) in [6, 6.07) is 12.9. The Morgan fingerprint density at radius 2 is 1.76 bits per heavy atom. The van der Waals surface area contributed by atoms with Gasteiger partial charge in [-0.05, 0) is 60.9 Å². The van der Waals surface area contributed by atoms with Gasteiger partial charge in [-0.3, -0.25) is 4.79 Å². The molecule has 0 aliphatic heterocycles. The number of methoxy groups -OCH3 is 1. The van der Waals surface area contributed by atoms with E-state index in [2.05, 4.69) is 11.3 Å². The van der Waals surface area contributed by atoms with E-state index in [1.54, 1.807) is 25.1 Å². The van der Waals surface area contributed by atoms with E-state index in [-0.39, 0.29) is 5.78 Å². The first-order valence-corrected chi connectivity index (χ1v) is 9.40. The van der Waals surface area contributed by atoms with Crippen molar-refractivity contribution in [2.75, 3.05) is 20.3 Å². The van der Waals surface area contributed by atoms with Crippen LogP contribution in [0.25, 0.3) is 6.08 Å². The highest BCUT2D eigenvalue weighted by Crippen LogP contribution is 2.22. The maximum absolute atomic E-state index is 11.5. The third-order valence-corrected chi connectivity index (χ3v) is 4.14. The quantitative estimate of drug-likeness (QED) is 0.182. The first-order chi connectivity index (χ1) is 14.0. The molecule has 2 aromatic rings. The van der Waals surface area contributed by atoms with Crippen LogP contribution in [-0.4, -0.2) is 32.1 Å². The van der Waals surface area contributed by atoms with Crippen molar-refractivity contribution in [2.45, 2.75) is 19.8 Å². The summed E-state index contributed by atoms with van der Waals surface area (Å²) in [4.78, 5) is 22.6. The number of carbonyl (C=O) groups is 2. The summed E-state index contributed by atoms with van der Waals surface area (Å²) >= 11 is 0. The number of esters is 1. The Morgan fingerprint density at radius 3 is 2.41 bits per heavy atom. The Kier molecular flexibility index (Phi) is 8.70. The fourth-order valence-corrected chi connectivity index (χ4v) is 2.59. The minimum atomic E-state index is -0.391. The van der Waals surface area contributed by atoms with Gasteiger partial charge < -0.3 is 14.2 Å². The molecule has 0 heterocycles. The van der Waals surface area contributed by atoms with Crippen molar-refractivity contribution in [1.29, 1.82) is 0 Å². The molecule has 0 bridgehead atoms. The summed E-state index contributed by atoms with van der Waals surface area (Å²) in [7, 11) is 1.34. The lowest BCUT2D eigenvalue weighted by molar-refractivity contribution is -0.134.